The average molecular weight is 569 g/mol. The van der Waals surface area contributed by atoms with Crippen molar-refractivity contribution in [1.82, 2.24) is 10.6 Å². The highest BCUT2D eigenvalue weighted by Gasteiger charge is 2.07. The quantitative estimate of drug-likeness (QED) is 0.206. The van der Waals surface area contributed by atoms with Crippen LogP contribution in [0, 0.1) is 12.8 Å². The van der Waals surface area contributed by atoms with Gasteiger partial charge in [-0.15, -0.1) is 24.0 Å². The molecule has 0 bridgehead atoms. The molecular formula is C25H37IN4O3. The number of nitrogens with zero attached hydrogens (tertiary/aromatic N) is 1. The van der Waals surface area contributed by atoms with Gasteiger partial charge in [-0.25, -0.2) is 0 Å². The monoisotopic (exact) mass is 568 g/mol. The van der Waals surface area contributed by atoms with Crippen molar-refractivity contribution in [3.05, 3.63) is 59.2 Å². The second kappa shape index (κ2) is 15.4. The van der Waals surface area contributed by atoms with Gasteiger partial charge in [-0.3, -0.25) is 9.79 Å². The summed E-state index contributed by atoms with van der Waals surface area (Å²) < 4.78 is 11.3. The van der Waals surface area contributed by atoms with Gasteiger partial charge in [0.25, 0.3) is 5.91 Å². The van der Waals surface area contributed by atoms with Crippen molar-refractivity contribution in [2.45, 2.75) is 40.2 Å². The number of carbonyl (C=O) groups is 1. The maximum Gasteiger partial charge on any atom is 0.255 e. The summed E-state index contributed by atoms with van der Waals surface area (Å²) in [6, 6.07) is 13.9. The number of aryl methyl sites for hydroxylation is 1. The molecule has 0 aliphatic carbocycles. The number of nitrogens with one attached hydrogen (secondary N) is 2. The Labute approximate surface area is 214 Å². The van der Waals surface area contributed by atoms with E-state index in [4.69, 9.17) is 15.2 Å². The molecule has 0 saturated carbocycles. The lowest BCUT2D eigenvalue weighted by atomic mass is 10.1. The molecule has 1 amide bonds. The Kier molecular flexibility index (Phi) is 13.3. The molecule has 0 aliphatic rings. The molecule has 2 rings (SSSR count). The number of benzene rings is 2. The molecule has 0 heterocycles. The topological polar surface area (TPSA) is 98.0 Å². The molecule has 4 N–H and O–H groups in total. The van der Waals surface area contributed by atoms with Crippen molar-refractivity contribution >= 4 is 35.8 Å². The third-order valence-electron chi connectivity index (χ3n) is 4.86. The van der Waals surface area contributed by atoms with E-state index < -0.39 is 5.91 Å². The largest absolute Gasteiger partial charge is 0.493 e. The zero-order chi connectivity index (χ0) is 23.3. The fourth-order valence-corrected chi connectivity index (χ4v) is 2.98. The van der Waals surface area contributed by atoms with E-state index >= 15 is 0 Å². The molecule has 2 aromatic carbocycles. The number of nitrogens with two attached hydrogens (primary N) is 1. The minimum atomic E-state index is -0.489. The fourth-order valence-electron chi connectivity index (χ4n) is 2.98. The van der Waals surface area contributed by atoms with Crippen molar-refractivity contribution < 1.29 is 14.3 Å². The Bertz CT molecular complexity index is 886. The van der Waals surface area contributed by atoms with Crippen LogP contribution in [0.15, 0.2) is 47.5 Å². The van der Waals surface area contributed by atoms with E-state index in [1.54, 1.807) is 7.05 Å². The summed E-state index contributed by atoms with van der Waals surface area (Å²) >= 11 is 0. The Morgan fingerprint density at radius 2 is 1.82 bits per heavy atom. The van der Waals surface area contributed by atoms with E-state index in [-0.39, 0.29) is 30.6 Å². The zero-order valence-corrected chi connectivity index (χ0v) is 22.3. The van der Waals surface area contributed by atoms with E-state index in [0.717, 1.165) is 42.2 Å². The highest BCUT2D eigenvalue weighted by molar-refractivity contribution is 14.0. The van der Waals surface area contributed by atoms with Crippen LogP contribution in [0.5, 0.6) is 11.5 Å². The number of ether oxygens (including phenoxy) is 2. The van der Waals surface area contributed by atoms with E-state index in [9.17, 15) is 4.79 Å². The number of rotatable bonds is 12. The van der Waals surface area contributed by atoms with Gasteiger partial charge in [-0.1, -0.05) is 38.1 Å². The first kappa shape index (κ1) is 28.5. The minimum Gasteiger partial charge on any atom is -0.493 e. The van der Waals surface area contributed by atoms with Gasteiger partial charge in [-0.05, 0) is 55.0 Å². The summed E-state index contributed by atoms with van der Waals surface area (Å²) in [5, 5.41) is 6.70. The Hall–Kier alpha value is -2.49. The van der Waals surface area contributed by atoms with Crippen LogP contribution < -0.4 is 25.8 Å². The molecular weight excluding hydrogens is 531 g/mol. The molecule has 182 valence electrons. The van der Waals surface area contributed by atoms with Crippen molar-refractivity contribution in [1.29, 1.82) is 0 Å². The van der Waals surface area contributed by atoms with Crippen LogP contribution in [0.3, 0.4) is 0 Å². The molecule has 0 radical (unpaired) electrons. The van der Waals surface area contributed by atoms with Gasteiger partial charge in [0, 0.05) is 25.7 Å². The summed E-state index contributed by atoms with van der Waals surface area (Å²) in [5.74, 6) is 2.41. The Balaban J connectivity index is 0.00000544. The Morgan fingerprint density at radius 3 is 2.45 bits per heavy atom. The third-order valence-corrected chi connectivity index (χ3v) is 4.86. The molecule has 8 heteroatoms. The third kappa shape index (κ3) is 11.3. The predicted molar refractivity (Wildman–Crippen MR) is 145 cm³/mol. The standard InChI is InChI=1S/C25H36N4O3.HI/c1-18(2)12-14-31-23-15-19(3)5-8-21(23)16-29-25(27-4)28-13-11-20-6-9-22(10-7-20)32-17-24(26)30;/h5-10,15,18H,11-14,16-17H2,1-4H3,(H2,26,30)(H2,27,28,29);1H. The second-order valence-corrected chi connectivity index (χ2v) is 8.14. The van der Waals surface area contributed by atoms with Gasteiger partial charge in [-0.2, -0.15) is 0 Å². The van der Waals surface area contributed by atoms with Gasteiger partial charge < -0.3 is 25.8 Å². The summed E-state index contributed by atoms with van der Waals surface area (Å²) in [6.07, 6.45) is 1.85. The Morgan fingerprint density at radius 1 is 1.09 bits per heavy atom. The minimum absolute atomic E-state index is 0. The number of amides is 1. The highest BCUT2D eigenvalue weighted by Crippen LogP contribution is 2.21. The molecule has 0 spiro atoms. The van der Waals surface area contributed by atoms with E-state index in [1.807, 2.05) is 24.3 Å². The second-order valence-electron chi connectivity index (χ2n) is 8.14. The SMILES string of the molecule is CN=C(NCCc1ccc(OCC(N)=O)cc1)NCc1ccc(C)cc1OCCC(C)C.I. The molecule has 0 saturated heterocycles. The number of hydrogen-bond donors (Lipinski definition) is 3. The molecule has 0 unspecified atom stereocenters. The van der Waals surface area contributed by atoms with Gasteiger partial charge >= 0.3 is 0 Å². The van der Waals surface area contributed by atoms with Crippen LogP contribution in [0.25, 0.3) is 0 Å². The van der Waals surface area contributed by atoms with Crippen molar-refractivity contribution in [3.63, 3.8) is 0 Å². The van der Waals surface area contributed by atoms with Gasteiger partial charge in [0.15, 0.2) is 12.6 Å². The highest BCUT2D eigenvalue weighted by atomic mass is 127. The molecule has 0 aromatic heterocycles. The normalized spacial score (nSPS) is 11.0. The van der Waals surface area contributed by atoms with Crippen molar-refractivity contribution in [3.8, 4) is 11.5 Å². The number of guanidine groups is 1. The lowest BCUT2D eigenvalue weighted by molar-refractivity contribution is -0.119. The summed E-state index contributed by atoms with van der Waals surface area (Å²) in [7, 11) is 1.76. The maximum atomic E-state index is 10.8. The number of hydrogen-bond acceptors (Lipinski definition) is 4. The van der Waals surface area contributed by atoms with Gasteiger partial charge in [0.1, 0.15) is 11.5 Å². The van der Waals surface area contributed by atoms with Gasteiger partial charge in [0.2, 0.25) is 0 Å². The molecule has 2 aromatic rings. The first-order valence-electron chi connectivity index (χ1n) is 11.0. The molecule has 0 atom stereocenters. The van der Waals surface area contributed by atoms with Crippen LogP contribution >= 0.6 is 24.0 Å². The first-order valence-corrected chi connectivity index (χ1v) is 11.0. The first-order chi connectivity index (χ1) is 15.4. The lowest BCUT2D eigenvalue weighted by Crippen LogP contribution is -2.37. The van der Waals surface area contributed by atoms with Crippen molar-refractivity contribution in [2.24, 2.45) is 16.6 Å². The molecule has 7 nitrogen and oxygen atoms in total. The maximum absolute atomic E-state index is 10.8. The van der Waals surface area contributed by atoms with Crippen LogP contribution in [0.4, 0.5) is 0 Å². The van der Waals surface area contributed by atoms with Gasteiger partial charge in [0.05, 0.1) is 6.61 Å². The van der Waals surface area contributed by atoms with Crippen molar-refractivity contribution in [2.75, 3.05) is 26.8 Å². The summed E-state index contributed by atoms with van der Waals surface area (Å²) in [5.41, 5.74) is 8.53. The summed E-state index contributed by atoms with van der Waals surface area (Å²) in [4.78, 5) is 15.1. The number of primary amides is 1. The lowest BCUT2D eigenvalue weighted by Gasteiger charge is -2.16. The predicted octanol–water partition coefficient (Wildman–Crippen LogP) is 3.81. The number of aliphatic imine (C=N–C) groups is 1. The average Bonchev–Trinajstić information content (AvgIpc) is 2.76. The molecule has 33 heavy (non-hydrogen) atoms. The van der Waals surface area contributed by atoms with E-state index in [0.29, 0.717) is 24.8 Å². The number of carbonyl (C=O) groups excluding carboxylic acids is 1. The molecule has 0 aliphatic heterocycles. The number of halogens is 1. The smallest absolute Gasteiger partial charge is 0.255 e. The van der Waals surface area contributed by atoms with E-state index in [1.165, 1.54) is 5.56 Å². The van der Waals surface area contributed by atoms with Crippen LogP contribution in [0.2, 0.25) is 0 Å². The fraction of sp³-hybridized carbons (Fsp3) is 0.440. The van der Waals surface area contributed by atoms with E-state index in [2.05, 4.69) is 54.6 Å². The summed E-state index contributed by atoms with van der Waals surface area (Å²) in [6.45, 7) is 8.43. The van der Waals surface area contributed by atoms with Crippen LogP contribution in [0.1, 0.15) is 37.0 Å². The zero-order valence-electron chi connectivity index (χ0n) is 20.0. The van der Waals surface area contributed by atoms with Crippen LogP contribution in [-0.4, -0.2) is 38.7 Å². The molecule has 0 fully saturated rings. The van der Waals surface area contributed by atoms with Crippen LogP contribution in [-0.2, 0) is 17.8 Å².